The highest BCUT2D eigenvalue weighted by Gasteiger charge is 2.45. The van der Waals surface area contributed by atoms with Crippen LogP contribution in [0.3, 0.4) is 0 Å². The van der Waals surface area contributed by atoms with Crippen LogP contribution in [0.4, 0.5) is 20.4 Å². The molecule has 1 fully saturated rings. The predicted molar refractivity (Wildman–Crippen MR) is 139 cm³/mol. The summed E-state index contributed by atoms with van der Waals surface area (Å²) in [7, 11) is 0. The first-order chi connectivity index (χ1) is 17.5. The van der Waals surface area contributed by atoms with Crippen molar-refractivity contribution in [3.05, 3.63) is 69.0 Å². The van der Waals surface area contributed by atoms with Crippen molar-refractivity contribution in [1.82, 2.24) is 20.1 Å². The summed E-state index contributed by atoms with van der Waals surface area (Å²) in [5, 5.41) is 20.6. The van der Waals surface area contributed by atoms with Crippen LogP contribution in [0.25, 0.3) is 0 Å². The van der Waals surface area contributed by atoms with Crippen molar-refractivity contribution in [2.24, 2.45) is 5.41 Å². The van der Waals surface area contributed by atoms with Gasteiger partial charge < -0.3 is 10.4 Å². The van der Waals surface area contributed by atoms with Crippen LogP contribution in [0.15, 0.2) is 24.3 Å². The highest BCUT2D eigenvalue weighted by atomic mass is 35.5. The molecule has 0 amide bonds. The summed E-state index contributed by atoms with van der Waals surface area (Å²) in [5.41, 5.74) is 1.42. The fraction of sp³-hybridized carbons (Fsp3) is 0.444. The number of benzene rings is 1. The Balaban J connectivity index is 1.61. The van der Waals surface area contributed by atoms with E-state index < -0.39 is 23.0 Å². The summed E-state index contributed by atoms with van der Waals surface area (Å²) >= 11 is 5.94. The minimum Gasteiger partial charge on any atom is -0.481 e. The number of anilines is 2. The molecule has 1 aliphatic rings. The smallest absolute Gasteiger partial charge is 0.310 e. The quantitative estimate of drug-likeness (QED) is 0.332. The van der Waals surface area contributed by atoms with Gasteiger partial charge in [0, 0.05) is 36.3 Å². The van der Waals surface area contributed by atoms with E-state index in [1.165, 1.54) is 6.07 Å². The van der Waals surface area contributed by atoms with Gasteiger partial charge in [-0.2, -0.15) is 5.10 Å². The van der Waals surface area contributed by atoms with Gasteiger partial charge in [0.1, 0.15) is 17.5 Å². The highest BCUT2D eigenvalue weighted by molar-refractivity contribution is 6.30. The number of nitrogens with zero attached hydrogens (tertiary/aromatic N) is 3. The maximum absolute atomic E-state index is 15.6. The first kappa shape index (κ1) is 27.0. The zero-order chi connectivity index (χ0) is 26.9. The van der Waals surface area contributed by atoms with Gasteiger partial charge in [-0.05, 0) is 63.8 Å². The van der Waals surface area contributed by atoms with Crippen LogP contribution < -0.4 is 5.32 Å². The number of H-pyrrole nitrogens is 1. The van der Waals surface area contributed by atoms with E-state index in [1.807, 2.05) is 31.7 Å². The van der Waals surface area contributed by atoms with Gasteiger partial charge in [0.05, 0.1) is 16.1 Å². The first-order valence-electron chi connectivity index (χ1n) is 12.4. The molecule has 3 N–H and O–H groups in total. The van der Waals surface area contributed by atoms with Gasteiger partial charge in [0.2, 0.25) is 0 Å². The summed E-state index contributed by atoms with van der Waals surface area (Å²) < 4.78 is 30.1. The lowest BCUT2D eigenvalue weighted by molar-refractivity contribution is -0.153. The number of aromatic amines is 1. The zero-order valence-corrected chi connectivity index (χ0v) is 22.2. The molecule has 3 heterocycles. The molecule has 0 radical (unpaired) electrons. The lowest BCUT2D eigenvalue weighted by Crippen LogP contribution is -2.50. The number of hydrogen-bond acceptors (Lipinski definition) is 5. The summed E-state index contributed by atoms with van der Waals surface area (Å²) in [6.45, 7) is 8.19. The fourth-order valence-corrected chi connectivity index (χ4v) is 5.46. The number of likely N-dealkylation sites (tertiary alicyclic amines) is 1. The number of rotatable bonds is 8. The second-order valence-corrected chi connectivity index (χ2v) is 10.4. The predicted octanol–water partition coefficient (Wildman–Crippen LogP) is 5.96. The third kappa shape index (κ3) is 5.48. The van der Waals surface area contributed by atoms with E-state index in [2.05, 4.69) is 20.5 Å². The normalized spacial score (nSPS) is 20.2. The third-order valence-corrected chi connectivity index (χ3v) is 7.72. The van der Waals surface area contributed by atoms with Crippen molar-refractivity contribution >= 4 is 29.2 Å². The number of halogens is 3. The molecule has 2 aromatic heterocycles. The average molecular weight is 532 g/mol. The number of carbonyl (C=O) groups is 1. The Morgan fingerprint density at radius 3 is 2.70 bits per heavy atom. The summed E-state index contributed by atoms with van der Waals surface area (Å²) in [5.74, 6) is -0.889. The van der Waals surface area contributed by atoms with E-state index in [9.17, 15) is 14.3 Å². The molecule has 0 bridgehead atoms. The number of carboxylic acid groups (broad SMARTS) is 1. The van der Waals surface area contributed by atoms with Crippen molar-refractivity contribution < 1.29 is 18.7 Å². The molecule has 0 unspecified atom stereocenters. The number of aryl methyl sites for hydroxylation is 1. The molecule has 0 aliphatic carbocycles. The first-order valence-corrected chi connectivity index (χ1v) is 12.8. The number of carboxylic acids is 1. The average Bonchev–Trinajstić information content (AvgIpc) is 3.26. The third-order valence-electron chi connectivity index (χ3n) is 7.43. The van der Waals surface area contributed by atoms with Crippen LogP contribution in [-0.2, 0) is 24.2 Å². The molecule has 2 atom stereocenters. The van der Waals surface area contributed by atoms with Crippen LogP contribution in [-0.4, -0.2) is 43.7 Å². The minimum atomic E-state index is -1.20. The molecule has 7 nitrogen and oxygen atoms in total. The second-order valence-electron chi connectivity index (χ2n) is 9.99. The van der Waals surface area contributed by atoms with E-state index in [0.29, 0.717) is 47.8 Å². The van der Waals surface area contributed by atoms with Crippen molar-refractivity contribution in [3.8, 4) is 0 Å². The molecular formula is C27H32ClF2N5O2. The Kier molecular flexibility index (Phi) is 7.85. The molecule has 4 rings (SSSR count). The zero-order valence-electron chi connectivity index (χ0n) is 21.5. The topological polar surface area (TPSA) is 94.1 Å². The van der Waals surface area contributed by atoms with Gasteiger partial charge in [-0.1, -0.05) is 30.7 Å². The van der Waals surface area contributed by atoms with E-state index in [-0.39, 0.29) is 36.0 Å². The molecule has 37 heavy (non-hydrogen) atoms. The van der Waals surface area contributed by atoms with E-state index >= 15 is 4.39 Å². The SMILES string of the molecule is CCc1c(C)c(Nc2cc(C)[nH]n2)nc(C[C@@]2(C(=O)O)CCN(Cc3cccc(Cl)c3F)[C@H](C)C2)c1F. The molecule has 1 aliphatic heterocycles. The van der Waals surface area contributed by atoms with Crippen molar-refractivity contribution in [2.45, 2.75) is 66.0 Å². The Morgan fingerprint density at radius 2 is 2.08 bits per heavy atom. The van der Waals surface area contributed by atoms with Gasteiger partial charge in [0.25, 0.3) is 0 Å². The fourth-order valence-electron chi connectivity index (χ4n) is 5.26. The minimum absolute atomic E-state index is 0.0422. The van der Waals surface area contributed by atoms with Gasteiger partial charge >= 0.3 is 5.97 Å². The van der Waals surface area contributed by atoms with Crippen LogP contribution in [0.5, 0.6) is 0 Å². The maximum atomic E-state index is 15.6. The van der Waals surface area contributed by atoms with E-state index in [1.54, 1.807) is 19.1 Å². The molecule has 198 valence electrons. The number of pyridine rings is 1. The Morgan fingerprint density at radius 1 is 1.32 bits per heavy atom. The lowest BCUT2D eigenvalue weighted by atomic mass is 9.72. The van der Waals surface area contributed by atoms with E-state index in [0.717, 1.165) is 5.69 Å². The van der Waals surface area contributed by atoms with Gasteiger partial charge in [-0.25, -0.2) is 13.8 Å². The van der Waals surface area contributed by atoms with E-state index in [4.69, 9.17) is 11.6 Å². The maximum Gasteiger partial charge on any atom is 0.310 e. The van der Waals surface area contributed by atoms with Crippen LogP contribution in [0.2, 0.25) is 5.02 Å². The summed E-state index contributed by atoms with van der Waals surface area (Å²) in [6.07, 6.45) is 0.964. The number of hydrogen-bond donors (Lipinski definition) is 3. The Hall–Kier alpha value is -3.04. The van der Waals surface area contributed by atoms with Crippen LogP contribution in [0.1, 0.15) is 54.8 Å². The van der Waals surface area contributed by atoms with Gasteiger partial charge in [0.15, 0.2) is 5.82 Å². The van der Waals surface area contributed by atoms with Gasteiger partial charge in [-0.3, -0.25) is 14.8 Å². The molecule has 10 heteroatoms. The second kappa shape index (κ2) is 10.8. The van der Waals surface area contributed by atoms with Crippen LogP contribution in [0, 0.1) is 30.9 Å². The molecule has 1 aromatic carbocycles. The molecule has 1 saturated heterocycles. The van der Waals surface area contributed by atoms with Crippen molar-refractivity contribution in [1.29, 1.82) is 0 Å². The number of aromatic nitrogens is 3. The standard InChI is InChI=1S/C27H32ClF2N5O2/c1-5-19-17(4)25(32-22-11-15(2)33-34-22)31-21(24(19)30)13-27(26(36)37)9-10-35(16(3)12-27)14-18-7-6-8-20(28)23(18)29/h6-8,11,16H,5,9-10,12-14H2,1-4H3,(H,36,37)(H2,31,32,33,34)/t16-,27-/m1/s1. The molecule has 3 aromatic rings. The molecule has 0 spiro atoms. The Bertz CT molecular complexity index is 1310. The lowest BCUT2D eigenvalue weighted by Gasteiger charge is -2.43. The number of nitrogens with one attached hydrogen (secondary N) is 2. The largest absolute Gasteiger partial charge is 0.481 e. The van der Waals surface area contributed by atoms with Crippen molar-refractivity contribution in [3.63, 3.8) is 0 Å². The monoisotopic (exact) mass is 531 g/mol. The number of aliphatic carboxylic acids is 1. The summed E-state index contributed by atoms with van der Waals surface area (Å²) in [6, 6.07) is 6.52. The number of piperidine rings is 1. The highest BCUT2D eigenvalue weighted by Crippen LogP contribution is 2.40. The van der Waals surface area contributed by atoms with Crippen LogP contribution >= 0.6 is 11.6 Å². The van der Waals surface area contributed by atoms with Gasteiger partial charge in [-0.15, -0.1) is 0 Å². The summed E-state index contributed by atoms with van der Waals surface area (Å²) in [4.78, 5) is 19.2. The van der Waals surface area contributed by atoms with Crippen molar-refractivity contribution in [2.75, 3.05) is 11.9 Å². The Labute approximate surface area is 220 Å². The molecular weight excluding hydrogens is 500 g/mol. The molecule has 0 saturated carbocycles.